The molecule has 3 heterocycles. The first-order chi connectivity index (χ1) is 13.7. The van der Waals surface area contributed by atoms with E-state index < -0.39 is 0 Å². The van der Waals surface area contributed by atoms with Crippen molar-refractivity contribution >= 4 is 0 Å². The average molecular weight is 407 g/mol. The third kappa shape index (κ3) is 4.32. The van der Waals surface area contributed by atoms with Gasteiger partial charge in [0.1, 0.15) is 11.9 Å². The van der Waals surface area contributed by atoms with Gasteiger partial charge in [-0.1, -0.05) is 12.1 Å². The molecule has 0 saturated carbocycles. The first-order valence-electron chi connectivity index (χ1n) is 10.6. The van der Waals surface area contributed by atoms with Crippen molar-refractivity contribution in [2.24, 2.45) is 0 Å². The summed E-state index contributed by atoms with van der Waals surface area (Å²) in [5.41, 5.74) is 0.383. The number of ether oxygens (including phenoxy) is 5. The van der Waals surface area contributed by atoms with E-state index in [9.17, 15) is 5.11 Å². The molecule has 1 N–H and O–H groups in total. The van der Waals surface area contributed by atoms with Gasteiger partial charge in [0, 0.05) is 5.56 Å². The molecule has 1 aromatic carbocycles. The van der Waals surface area contributed by atoms with E-state index in [4.69, 9.17) is 23.7 Å². The van der Waals surface area contributed by atoms with Crippen LogP contribution in [0.4, 0.5) is 0 Å². The van der Waals surface area contributed by atoms with Crippen LogP contribution in [-0.2, 0) is 18.9 Å². The van der Waals surface area contributed by atoms with Crippen molar-refractivity contribution in [3.05, 3.63) is 29.8 Å². The van der Waals surface area contributed by atoms with Crippen molar-refractivity contribution in [3.8, 4) is 5.75 Å². The quantitative estimate of drug-likeness (QED) is 0.630. The summed E-state index contributed by atoms with van der Waals surface area (Å²) >= 11 is 0. The Kier molecular flexibility index (Phi) is 5.45. The first kappa shape index (κ1) is 21.1. The molecule has 3 aliphatic rings. The second-order valence-corrected chi connectivity index (χ2v) is 9.55. The topological polar surface area (TPSA) is 73.0 Å². The highest BCUT2D eigenvalue weighted by Crippen LogP contribution is 2.49. The van der Waals surface area contributed by atoms with Gasteiger partial charge in [0.25, 0.3) is 0 Å². The zero-order valence-electron chi connectivity index (χ0n) is 18.1. The van der Waals surface area contributed by atoms with Gasteiger partial charge in [-0.25, -0.2) is 0 Å². The summed E-state index contributed by atoms with van der Waals surface area (Å²) in [6.07, 6.45) is 3.62. The number of hydrogen-bond donors (Lipinski definition) is 1. The van der Waals surface area contributed by atoms with E-state index in [1.807, 2.05) is 24.3 Å². The number of epoxide rings is 2. The summed E-state index contributed by atoms with van der Waals surface area (Å²) in [6.45, 7) is 8.53. The van der Waals surface area contributed by atoms with Crippen molar-refractivity contribution in [1.82, 2.24) is 0 Å². The van der Waals surface area contributed by atoms with Crippen molar-refractivity contribution in [2.75, 3.05) is 13.7 Å². The molecule has 3 saturated heterocycles. The average Bonchev–Trinajstić information content (AvgIpc) is 3.53. The minimum Gasteiger partial charge on any atom is -0.497 e. The van der Waals surface area contributed by atoms with E-state index in [0.717, 1.165) is 37.0 Å². The molecular formula is C23H34O6. The van der Waals surface area contributed by atoms with E-state index >= 15 is 0 Å². The van der Waals surface area contributed by atoms with Gasteiger partial charge in [0.2, 0.25) is 0 Å². The highest BCUT2D eigenvalue weighted by Gasteiger charge is 2.57. The number of rotatable bonds is 9. The molecule has 1 unspecified atom stereocenters. The Balaban J connectivity index is 1.27. The maximum absolute atomic E-state index is 9.22. The lowest BCUT2D eigenvalue weighted by molar-refractivity contribution is -0.0840. The maximum Gasteiger partial charge on any atom is 0.185 e. The molecule has 0 aromatic heterocycles. The lowest BCUT2D eigenvalue weighted by Gasteiger charge is -2.24. The van der Waals surface area contributed by atoms with Gasteiger partial charge < -0.3 is 28.8 Å². The zero-order valence-corrected chi connectivity index (χ0v) is 18.1. The monoisotopic (exact) mass is 406 g/mol. The Labute approximate surface area is 173 Å². The van der Waals surface area contributed by atoms with E-state index in [-0.39, 0.29) is 48.0 Å². The molecular weight excluding hydrogens is 372 g/mol. The Morgan fingerprint density at radius 3 is 2.03 bits per heavy atom. The standard InChI is InChI=1S/C23H34O6/c1-21(2)17(26-20(29-21)15-6-8-16(25-5)9-7-15)10-12-22(3)18(27-22)11-13-23(4)19(14-24)28-23/h6-9,17-20,24H,10-14H2,1-5H3/t17-,18+,19+,20?,22-,23-/m1/s1. The summed E-state index contributed by atoms with van der Waals surface area (Å²) < 4.78 is 29.3. The molecule has 0 bridgehead atoms. The Morgan fingerprint density at radius 1 is 0.862 bits per heavy atom. The largest absolute Gasteiger partial charge is 0.497 e. The highest BCUT2D eigenvalue weighted by atomic mass is 16.7. The molecule has 6 atom stereocenters. The van der Waals surface area contributed by atoms with Gasteiger partial charge in [-0.3, -0.25) is 0 Å². The van der Waals surface area contributed by atoms with Crippen molar-refractivity contribution < 1.29 is 28.8 Å². The zero-order chi connectivity index (χ0) is 20.9. The summed E-state index contributed by atoms with van der Waals surface area (Å²) in [5, 5.41) is 9.22. The van der Waals surface area contributed by atoms with E-state index in [0.29, 0.717) is 0 Å². The Morgan fingerprint density at radius 2 is 1.45 bits per heavy atom. The minimum absolute atomic E-state index is 0.00719. The predicted molar refractivity (Wildman–Crippen MR) is 108 cm³/mol. The number of hydrogen-bond acceptors (Lipinski definition) is 6. The maximum atomic E-state index is 9.22. The van der Waals surface area contributed by atoms with E-state index in [1.165, 1.54) is 0 Å². The second-order valence-electron chi connectivity index (χ2n) is 9.55. The Bertz CT molecular complexity index is 719. The molecule has 0 spiro atoms. The molecule has 0 radical (unpaired) electrons. The molecule has 3 fully saturated rings. The van der Waals surface area contributed by atoms with Crippen LogP contribution in [0.15, 0.2) is 24.3 Å². The van der Waals surface area contributed by atoms with Crippen LogP contribution in [0.2, 0.25) is 0 Å². The molecule has 4 rings (SSSR count). The Hall–Kier alpha value is -1.18. The summed E-state index contributed by atoms with van der Waals surface area (Å²) in [6, 6.07) is 7.84. The van der Waals surface area contributed by atoms with Crippen LogP contribution in [0.3, 0.4) is 0 Å². The van der Waals surface area contributed by atoms with Crippen LogP contribution in [0, 0.1) is 0 Å². The van der Waals surface area contributed by atoms with Gasteiger partial charge in [0.05, 0.1) is 42.7 Å². The first-order valence-corrected chi connectivity index (χ1v) is 10.6. The minimum atomic E-state index is -0.355. The number of aliphatic hydroxyl groups excluding tert-OH is 1. The van der Waals surface area contributed by atoms with Gasteiger partial charge in [-0.05, 0) is 65.5 Å². The number of methoxy groups -OCH3 is 1. The molecule has 162 valence electrons. The SMILES string of the molecule is COc1ccc(C2O[C@H](CC[C@@]3(C)O[C@H]3CC[C@@]3(C)O[C@H]3CO)C(C)(C)O2)cc1. The van der Waals surface area contributed by atoms with Crippen LogP contribution in [-0.4, -0.2) is 53.9 Å². The van der Waals surface area contributed by atoms with E-state index in [1.54, 1.807) is 7.11 Å². The fourth-order valence-corrected chi connectivity index (χ4v) is 4.47. The van der Waals surface area contributed by atoms with Crippen molar-refractivity contribution in [1.29, 1.82) is 0 Å². The molecule has 29 heavy (non-hydrogen) atoms. The molecule has 3 aliphatic heterocycles. The molecule has 0 amide bonds. The number of aliphatic hydroxyl groups is 1. The van der Waals surface area contributed by atoms with Crippen LogP contribution in [0.1, 0.15) is 65.2 Å². The highest BCUT2D eigenvalue weighted by molar-refractivity contribution is 5.28. The van der Waals surface area contributed by atoms with Gasteiger partial charge >= 0.3 is 0 Å². The normalized spacial score (nSPS) is 40.1. The summed E-state index contributed by atoms with van der Waals surface area (Å²) in [7, 11) is 1.66. The second kappa shape index (κ2) is 7.50. The summed E-state index contributed by atoms with van der Waals surface area (Å²) in [4.78, 5) is 0. The predicted octanol–water partition coefficient (Wildman–Crippen LogP) is 3.76. The smallest absolute Gasteiger partial charge is 0.185 e. The third-order valence-corrected chi connectivity index (χ3v) is 6.90. The lowest BCUT2D eigenvalue weighted by atomic mass is 9.90. The van der Waals surface area contributed by atoms with Crippen LogP contribution in [0.25, 0.3) is 0 Å². The van der Waals surface area contributed by atoms with Gasteiger partial charge in [-0.15, -0.1) is 0 Å². The third-order valence-electron chi connectivity index (χ3n) is 6.90. The number of benzene rings is 1. The van der Waals surface area contributed by atoms with Crippen LogP contribution >= 0.6 is 0 Å². The summed E-state index contributed by atoms with van der Waals surface area (Å²) in [5.74, 6) is 0.822. The molecule has 6 heteroatoms. The lowest BCUT2D eigenvalue weighted by Crippen LogP contribution is -2.33. The molecule has 0 aliphatic carbocycles. The van der Waals surface area contributed by atoms with Crippen molar-refractivity contribution in [2.45, 2.75) is 94.8 Å². The fourth-order valence-electron chi connectivity index (χ4n) is 4.47. The molecule has 1 aromatic rings. The van der Waals surface area contributed by atoms with E-state index in [2.05, 4.69) is 27.7 Å². The van der Waals surface area contributed by atoms with Gasteiger partial charge in [0.15, 0.2) is 6.29 Å². The van der Waals surface area contributed by atoms with Crippen molar-refractivity contribution in [3.63, 3.8) is 0 Å². The molecule has 6 nitrogen and oxygen atoms in total. The fraction of sp³-hybridized carbons (Fsp3) is 0.739. The van der Waals surface area contributed by atoms with Crippen LogP contribution < -0.4 is 4.74 Å². The van der Waals surface area contributed by atoms with Gasteiger partial charge in [-0.2, -0.15) is 0 Å². The van der Waals surface area contributed by atoms with Crippen LogP contribution in [0.5, 0.6) is 5.75 Å².